The second-order valence-corrected chi connectivity index (χ2v) is 6.93. The van der Waals surface area contributed by atoms with Crippen molar-refractivity contribution in [2.45, 2.75) is 38.1 Å². The highest BCUT2D eigenvalue weighted by Crippen LogP contribution is 2.49. The number of alkyl halides is 3. The van der Waals surface area contributed by atoms with E-state index in [0.29, 0.717) is 18.6 Å². The van der Waals surface area contributed by atoms with Crippen molar-refractivity contribution in [2.24, 2.45) is 16.9 Å². The lowest BCUT2D eigenvalue weighted by atomic mass is 9.76. The minimum atomic E-state index is -5.05. The van der Waals surface area contributed by atoms with Crippen molar-refractivity contribution < 1.29 is 32.5 Å². The summed E-state index contributed by atoms with van der Waals surface area (Å²) in [5.74, 6) is -1.79. The molecule has 9 heteroatoms. The molecule has 3 atom stereocenters. The normalized spacial score (nSPS) is 27.8. The zero-order valence-corrected chi connectivity index (χ0v) is 15.2. The summed E-state index contributed by atoms with van der Waals surface area (Å²) >= 11 is 0. The Morgan fingerprint density at radius 2 is 1.96 bits per heavy atom. The molecule has 2 aliphatic rings. The zero-order valence-electron chi connectivity index (χ0n) is 15.2. The Kier molecular flexibility index (Phi) is 4.83. The van der Waals surface area contributed by atoms with E-state index in [1.807, 2.05) is 6.92 Å². The first kappa shape index (κ1) is 19.5. The summed E-state index contributed by atoms with van der Waals surface area (Å²) in [6.45, 7) is 1.83. The second kappa shape index (κ2) is 6.70. The molecule has 0 spiro atoms. The smallest absolute Gasteiger partial charge is 0.439 e. The fourth-order valence-corrected chi connectivity index (χ4v) is 3.70. The number of benzene rings is 1. The van der Waals surface area contributed by atoms with Crippen LogP contribution in [0.4, 0.5) is 13.2 Å². The third-order valence-electron chi connectivity index (χ3n) is 5.21. The first-order chi connectivity index (χ1) is 12.6. The average molecular weight is 386 g/mol. The van der Waals surface area contributed by atoms with Crippen LogP contribution < -0.4 is 9.47 Å². The van der Waals surface area contributed by atoms with E-state index in [9.17, 15) is 23.1 Å². The predicted molar refractivity (Wildman–Crippen MR) is 90.7 cm³/mol. The maximum atomic E-state index is 13.9. The number of carbonyl (C=O) groups is 1. The molecule has 1 aliphatic heterocycles. The third-order valence-corrected chi connectivity index (χ3v) is 5.21. The quantitative estimate of drug-likeness (QED) is 0.866. The molecule has 1 saturated carbocycles. The molecule has 1 aromatic rings. The molecule has 3 rings (SSSR count). The van der Waals surface area contributed by atoms with Crippen molar-refractivity contribution in [2.75, 3.05) is 14.2 Å². The van der Waals surface area contributed by atoms with Crippen LogP contribution in [-0.4, -0.2) is 47.9 Å². The van der Waals surface area contributed by atoms with Crippen LogP contribution in [0, 0.1) is 11.8 Å². The van der Waals surface area contributed by atoms with Gasteiger partial charge in [-0.3, -0.25) is 4.79 Å². The Hall–Kier alpha value is -2.29. The van der Waals surface area contributed by atoms with Crippen LogP contribution in [0.25, 0.3) is 0 Å². The van der Waals surface area contributed by atoms with Crippen molar-refractivity contribution in [3.8, 4) is 11.5 Å². The number of ether oxygens (including phenoxy) is 2. The molecular formula is C18H21F3N2O4. The van der Waals surface area contributed by atoms with Gasteiger partial charge in [-0.05, 0) is 43.4 Å². The van der Waals surface area contributed by atoms with Crippen LogP contribution >= 0.6 is 0 Å². The molecule has 1 fully saturated rings. The fraction of sp³-hybridized carbons (Fsp3) is 0.556. The van der Waals surface area contributed by atoms with Gasteiger partial charge in [-0.15, -0.1) is 0 Å². The molecule has 6 nitrogen and oxygen atoms in total. The van der Waals surface area contributed by atoms with E-state index in [2.05, 4.69) is 5.10 Å². The Morgan fingerprint density at radius 1 is 1.30 bits per heavy atom. The zero-order chi connectivity index (χ0) is 20.0. The SMILES string of the molecule is COc1ccc(C(=O)N2N=C3CC[C@H](C)C[C@@H]3[C@@]2(O)C(F)(F)F)cc1OC. The van der Waals surface area contributed by atoms with Crippen LogP contribution in [0.5, 0.6) is 11.5 Å². The maximum Gasteiger partial charge on any atom is 0.439 e. The molecule has 0 aromatic heterocycles. The van der Waals surface area contributed by atoms with Gasteiger partial charge in [0.25, 0.3) is 11.6 Å². The molecule has 27 heavy (non-hydrogen) atoms. The van der Waals surface area contributed by atoms with Crippen LogP contribution in [0.2, 0.25) is 0 Å². The number of hydrogen-bond acceptors (Lipinski definition) is 5. The fourth-order valence-electron chi connectivity index (χ4n) is 3.70. The number of carbonyl (C=O) groups excluding carboxylic acids is 1. The first-order valence-corrected chi connectivity index (χ1v) is 8.56. The molecule has 0 unspecified atom stereocenters. The van der Waals surface area contributed by atoms with Crippen molar-refractivity contribution >= 4 is 11.6 Å². The van der Waals surface area contributed by atoms with Crippen molar-refractivity contribution in [1.82, 2.24) is 5.01 Å². The molecule has 148 valence electrons. The molecule has 1 amide bonds. The number of amides is 1. The minimum Gasteiger partial charge on any atom is -0.493 e. The van der Waals surface area contributed by atoms with Gasteiger partial charge < -0.3 is 14.6 Å². The molecule has 0 radical (unpaired) electrons. The van der Waals surface area contributed by atoms with Crippen LogP contribution in [0.15, 0.2) is 23.3 Å². The number of halogens is 3. The number of hydrogen-bond donors (Lipinski definition) is 1. The highest BCUT2D eigenvalue weighted by atomic mass is 19.4. The molecule has 1 aromatic carbocycles. The number of methoxy groups -OCH3 is 2. The van der Waals surface area contributed by atoms with Gasteiger partial charge in [0.2, 0.25) is 0 Å². The number of nitrogens with zero attached hydrogens (tertiary/aromatic N) is 2. The first-order valence-electron chi connectivity index (χ1n) is 8.56. The lowest BCUT2D eigenvalue weighted by Crippen LogP contribution is -2.61. The predicted octanol–water partition coefficient (Wildman–Crippen LogP) is 3.20. The van der Waals surface area contributed by atoms with Gasteiger partial charge >= 0.3 is 6.18 Å². The average Bonchev–Trinajstić information content (AvgIpc) is 2.94. The summed E-state index contributed by atoms with van der Waals surface area (Å²) in [6, 6.07) is 3.99. The van der Waals surface area contributed by atoms with E-state index in [0.717, 1.165) is 0 Å². The molecule has 0 bridgehead atoms. The van der Waals surface area contributed by atoms with E-state index in [1.165, 1.54) is 32.4 Å². The van der Waals surface area contributed by atoms with E-state index < -0.39 is 23.7 Å². The molecular weight excluding hydrogens is 365 g/mol. The summed E-state index contributed by atoms with van der Waals surface area (Å²) in [5.41, 5.74) is -3.24. The highest BCUT2D eigenvalue weighted by Gasteiger charge is 2.68. The van der Waals surface area contributed by atoms with Gasteiger partial charge in [0.05, 0.1) is 20.1 Å². The molecule has 1 N–H and O–H groups in total. The minimum absolute atomic E-state index is 0.000965. The summed E-state index contributed by atoms with van der Waals surface area (Å²) in [6.07, 6.45) is -3.95. The standard InChI is InChI=1S/C18H21F3N2O4/c1-10-4-6-13-12(8-10)17(25,18(19,20)21)23(22-13)16(24)11-5-7-14(26-2)15(9-11)27-3/h5,7,9-10,12,25H,4,6,8H2,1-3H3/t10-,12-,17+/m0/s1. The third kappa shape index (κ3) is 3.03. The van der Waals surface area contributed by atoms with Gasteiger partial charge in [-0.25, -0.2) is 0 Å². The Labute approximate surface area is 154 Å². The van der Waals surface area contributed by atoms with Crippen molar-refractivity contribution in [3.63, 3.8) is 0 Å². The van der Waals surface area contributed by atoms with Crippen molar-refractivity contribution in [3.05, 3.63) is 23.8 Å². The van der Waals surface area contributed by atoms with Gasteiger partial charge in [-0.2, -0.15) is 23.3 Å². The van der Waals surface area contributed by atoms with Gasteiger partial charge in [0.15, 0.2) is 11.5 Å². The van der Waals surface area contributed by atoms with Gasteiger partial charge in [0, 0.05) is 11.3 Å². The Bertz CT molecular complexity index is 780. The largest absolute Gasteiger partial charge is 0.493 e. The maximum absolute atomic E-state index is 13.9. The number of aliphatic hydroxyl groups is 1. The van der Waals surface area contributed by atoms with Gasteiger partial charge in [0.1, 0.15) is 0 Å². The Morgan fingerprint density at radius 3 is 2.56 bits per heavy atom. The summed E-state index contributed by atoms with van der Waals surface area (Å²) in [4.78, 5) is 12.9. The molecule has 0 saturated heterocycles. The lowest BCUT2D eigenvalue weighted by molar-refractivity contribution is -0.313. The highest BCUT2D eigenvalue weighted by molar-refractivity contribution is 5.99. The summed E-state index contributed by atoms with van der Waals surface area (Å²) in [7, 11) is 2.75. The monoisotopic (exact) mass is 386 g/mol. The Balaban J connectivity index is 2.03. The molecule has 1 aliphatic carbocycles. The van der Waals surface area contributed by atoms with Crippen molar-refractivity contribution in [1.29, 1.82) is 0 Å². The summed E-state index contributed by atoms with van der Waals surface area (Å²) < 4.78 is 51.8. The van der Waals surface area contributed by atoms with E-state index >= 15 is 0 Å². The number of hydrazone groups is 1. The second-order valence-electron chi connectivity index (χ2n) is 6.93. The van der Waals surface area contributed by atoms with Crippen LogP contribution in [-0.2, 0) is 0 Å². The molecule has 1 heterocycles. The van der Waals surface area contributed by atoms with E-state index in [-0.39, 0.29) is 34.4 Å². The van der Waals surface area contributed by atoms with E-state index in [1.54, 1.807) is 0 Å². The topological polar surface area (TPSA) is 71.4 Å². The van der Waals surface area contributed by atoms with Gasteiger partial charge in [-0.1, -0.05) is 6.92 Å². The number of fused-ring (bicyclic) bond motifs is 1. The van der Waals surface area contributed by atoms with E-state index in [4.69, 9.17) is 9.47 Å². The van der Waals surface area contributed by atoms with Crippen LogP contribution in [0.1, 0.15) is 36.5 Å². The van der Waals surface area contributed by atoms with Crippen LogP contribution in [0.3, 0.4) is 0 Å². The lowest BCUT2D eigenvalue weighted by Gasteiger charge is -2.39. The summed E-state index contributed by atoms with van der Waals surface area (Å²) in [5, 5.41) is 14.8. The number of rotatable bonds is 3.